The number of anilines is 1. The summed E-state index contributed by atoms with van der Waals surface area (Å²) in [6.07, 6.45) is 3.45. The van der Waals surface area contributed by atoms with Gasteiger partial charge in [0.15, 0.2) is 0 Å². The number of carbonyl (C=O) groups is 1. The second kappa shape index (κ2) is 5.49. The Bertz CT molecular complexity index is 364. The van der Waals surface area contributed by atoms with E-state index in [4.69, 9.17) is 5.11 Å². The van der Waals surface area contributed by atoms with Crippen molar-refractivity contribution in [3.05, 3.63) is 24.0 Å². The van der Waals surface area contributed by atoms with Crippen molar-refractivity contribution < 1.29 is 9.90 Å². The lowest BCUT2D eigenvalue weighted by Gasteiger charge is -2.18. The average Bonchev–Trinajstić information content (AvgIpc) is 2.20. The van der Waals surface area contributed by atoms with Crippen LogP contribution in [0.2, 0.25) is 0 Å². The van der Waals surface area contributed by atoms with Gasteiger partial charge in [-0.15, -0.1) is 0 Å². The molecule has 1 heterocycles. The Labute approximate surface area is 95.7 Å². The predicted molar refractivity (Wildman–Crippen MR) is 63.4 cm³/mol. The van der Waals surface area contributed by atoms with E-state index in [2.05, 4.69) is 10.3 Å². The van der Waals surface area contributed by atoms with E-state index in [1.807, 2.05) is 26.8 Å². The van der Waals surface area contributed by atoms with E-state index in [9.17, 15) is 4.79 Å². The van der Waals surface area contributed by atoms with Crippen molar-refractivity contribution >= 4 is 11.7 Å². The number of carboxylic acid groups (broad SMARTS) is 1. The Hall–Kier alpha value is -1.58. The van der Waals surface area contributed by atoms with Crippen LogP contribution in [0.5, 0.6) is 0 Å². The standard InChI is InChI=1S/C12H18N2O2/c1-8(2)10(12(15)16)7-14-11-4-5-13-6-9(11)3/h4-6,8,10H,7H2,1-3H3,(H,13,14)(H,15,16). The molecule has 0 aliphatic heterocycles. The average molecular weight is 222 g/mol. The zero-order chi connectivity index (χ0) is 12.1. The zero-order valence-corrected chi connectivity index (χ0v) is 9.90. The first-order valence-corrected chi connectivity index (χ1v) is 5.39. The highest BCUT2D eigenvalue weighted by atomic mass is 16.4. The molecule has 1 atom stereocenters. The van der Waals surface area contributed by atoms with E-state index < -0.39 is 5.97 Å². The van der Waals surface area contributed by atoms with Gasteiger partial charge in [-0.3, -0.25) is 9.78 Å². The normalized spacial score (nSPS) is 12.5. The molecule has 16 heavy (non-hydrogen) atoms. The van der Waals surface area contributed by atoms with Gasteiger partial charge in [-0.2, -0.15) is 0 Å². The van der Waals surface area contributed by atoms with Gasteiger partial charge in [0, 0.05) is 24.6 Å². The number of hydrogen-bond acceptors (Lipinski definition) is 3. The number of hydrogen-bond donors (Lipinski definition) is 2. The Morgan fingerprint density at radius 1 is 1.56 bits per heavy atom. The molecule has 0 spiro atoms. The number of aromatic nitrogens is 1. The molecule has 0 fully saturated rings. The molecule has 0 aromatic carbocycles. The second-order valence-corrected chi connectivity index (χ2v) is 4.26. The van der Waals surface area contributed by atoms with Gasteiger partial charge in [-0.1, -0.05) is 13.8 Å². The van der Waals surface area contributed by atoms with Crippen LogP contribution in [0.25, 0.3) is 0 Å². The van der Waals surface area contributed by atoms with E-state index in [0.717, 1.165) is 11.3 Å². The van der Waals surface area contributed by atoms with E-state index in [1.165, 1.54) is 0 Å². The minimum atomic E-state index is -0.755. The van der Waals surface area contributed by atoms with E-state index in [1.54, 1.807) is 12.4 Å². The van der Waals surface area contributed by atoms with Crippen LogP contribution in [-0.2, 0) is 4.79 Å². The van der Waals surface area contributed by atoms with Crippen LogP contribution >= 0.6 is 0 Å². The van der Waals surface area contributed by atoms with Crippen molar-refractivity contribution in [3.63, 3.8) is 0 Å². The first kappa shape index (κ1) is 12.5. The van der Waals surface area contributed by atoms with Crippen molar-refractivity contribution in [2.45, 2.75) is 20.8 Å². The lowest BCUT2D eigenvalue weighted by atomic mass is 9.96. The Morgan fingerprint density at radius 2 is 2.25 bits per heavy atom. The summed E-state index contributed by atoms with van der Waals surface area (Å²) < 4.78 is 0. The minimum Gasteiger partial charge on any atom is -0.481 e. The predicted octanol–water partition coefficient (Wildman–Crippen LogP) is 2.16. The molecule has 4 nitrogen and oxygen atoms in total. The Kier molecular flexibility index (Phi) is 4.28. The topological polar surface area (TPSA) is 62.2 Å². The molecule has 1 aromatic heterocycles. The van der Waals surface area contributed by atoms with E-state index in [-0.39, 0.29) is 11.8 Å². The van der Waals surface area contributed by atoms with Crippen LogP contribution in [0, 0.1) is 18.8 Å². The van der Waals surface area contributed by atoms with Crippen LogP contribution in [0.4, 0.5) is 5.69 Å². The quantitative estimate of drug-likeness (QED) is 0.801. The lowest BCUT2D eigenvalue weighted by Crippen LogP contribution is -2.27. The SMILES string of the molecule is Cc1cnccc1NCC(C(=O)O)C(C)C. The van der Waals surface area contributed by atoms with Gasteiger partial charge in [-0.25, -0.2) is 0 Å². The van der Waals surface area contributed by atoms with Gasteiger partial charge in [0.2, 0.25) is 0 Å². The summed E-state index contributed by atoms with van der Waals surface area (Å²) in [5, 5.41) is 12.2. The Balaban J connectivity index is 2.63. The van der Waals surface area contributed by atoms with Gasteiger partial charge in [-0.05, 0) is 24.5 Å². The largest absolute Gasteiger partial charge is 0.481 e. The monoisotopic (exact) mass is 222 g/mol. The summed E-state index contributed by atoms with van der Waals surface area (Å²) >= 11 is 0. The molecule has 4 heteroatoms. The van der Waals surface area contributed by atoms with Crippen molar-refractivity contribution in [1.82, 2.24) is 4.98 Å². The summed E-state index contributed by atoms with van der Waals surface area (Å²) in [6, 6.07) is 1.86. The molecule has 1 unspecified atom stereocenters. The van der Waals surface area contributed by atoms with Crippen LogP contribution < -0.4 is 5.32 Å². The highest BCUT2D eigenvalue weighted by molar-refractivity contribution is 5.71. The summed E-state index contributed by atoms with van der Waals surface area (Å²) in [6.45, 7) is 6.22. The number of nitrogens with zero attached hydrogens (tertiary/aromatic N) is 1. The Morgan fingerprint density at radius 3 is 2.75 bits per heavy atom. The maximum atomic E-state index is 11.0. The maximum Gasteiger partial charge on any atom is 0.308 e. The summed E-state index contributed by atoms with van der Waals surface area (Å²) in [5.41, 5.74) is 1.97. The van der Waals surface area contributed by atoms with Crippen LogP contribution in [0.15, 0.2) is 18.5 Å². The first-order valence-electron chi connectivity index (χ1n) is 5.39. The van der Waals surface area contributed by atoms with Gasteiger partial charge >= 0.3 is 5.97 Å². The fraction of sp³-hybridized carbons (Fsp3) is 0.500. The van der Waals surface area contributed by atoms with Gasteiger partial charge in [0.1, 0.15) is 0 Å². The number of carboxylic acids is 1. The third-order valence-corrected chi connectivity index (χ3v) is 2.65. The molecule has 0 radical (unpaired) electrons. The molecule has 0 saturated carbocycles. The summed E-state index contributed by atoms with van der Waals surface area (Å²) in [7, 11) is 0. The summed E-state index contributed by atoms with van der Waals surface area (Å²) in [4.78, 5) is 15.0. The molecule has 1 aromatic rings. The van der Waals surface area contributed by atoms with Crippen LogP contribution in [-0.4, -0.2) is 22.6 Å². The number of aryl methyl sites for hydroxylation is 1. The molecule has 0 aliphatic carbocycles. The van der Waals surface area contributed by atoms with Crippen LogP contribution in [0.1, 0.15) is 19.4 Å². The number of aliphatic carboxylic acids is 1. The highest BCUT2D eigenvalue weighted by Crippen LogP contribution is 2.15. The molecule has 88 valence electrons. The van der Waals surface area contributed by atoms with Crippen LogP contribution in [0.3, 0.4) is 0 Å². The number of rotatable bonds is 5. The third-order valence-electron chi connectivity index (χ3n) is 2.65. The molecule has 2 N–H and O–H groups in total. The van der Waals surface area contributed by atoms with Crippen molar-refractivity contribution in [2.24, 2.45) is 11.8 Å². The fourth-order valence-electron chi connectivity index (χ4n) is 1.50. The van der Waals surface area contributed by atoms with Gasteiger partial charge < -0.3 is 10.4 Å². The van der Waals surface area contributed by atoms with Crippen molar-refractivity contribution in [1.29, 1.82) is 0 Å². The number of pyridine rings is 1. The van der Waals surface area contributed by atoms with Crippen molar-refractivity contribution in [2.75, 3.05) is 11.9 Å². The molecule has 0 amide bonds. The minimum absolute atomic E-state index is 0.118. The molecule has 0 aliphatic rings. The fourth-order valence-corrected chi connectivity index (χ4v) is 1.50. The van der Waals surface area contributed by atoms with Gasteiger partial charge in [0.05, 0.1) is 5.92 Å². The smallest absolute Gasteiger partial charge is 0.308 e. The molecular formula is C12H18N2O2. The molecule has 1 rings (SSSR count). The van der Waals surface area contributed by atoms with E-state index >= 15 is 0 Å². The lowest BCUT2D eigenvalue weighted by molar-refractivity contribution is -0.142. The molecule has 0 bridgehead atoms. The number of nitrogens with one attached hydrogen (secondary N) is 1. The summed E-state index contributed by atoms with van der Waals surface area (Å²) in [5.74, 6) is -1.01. The zero-order valence-electron chi connectivity index (χ0n) is 9.90. The van der Waals surface area contributed by atoms with E-state index in [0.29, 0.717) is 6.54 Å². The molecular weight excluding hydrogens is 204 g/mol. The van der Waals surface area contributed by atoms with Gasteiger partial charge in [0.25, 0.3) is 0 Å². The van der Waals surface area contributed by atoms with Crippen molar-refractivity contribution in [3.8, 4) is 0 Å². The molecule has 0 saturated heterocycles. The highest BCUT2D eigenvalue weighted by Gasteiger charge is 2.20. The second-order valence-electron chi connectivity index (χ2n) is 4.26. The third kappa shape index (κ3) is 3.22. The maximum absolute atomic E-state index is 11.0. The first-order chi connectivity index (χ1) is 7.52.